The molecule has 1 aliphatic rings. The first-order valence-electron chi connectivity index (χ1n) is 6.83. The number of nitrogens with zero attached hydrogens (tertiary/aromatic N) is 4. The van der Waals surface area contributed by atoms with Crippen LogP contribution in [0.25, 0.3) is 0 Å². The molecule has 1 N–H and O–H groups in total. The molecule has 1 unspecified atom stereocenters. The van der Waals surface area contributed by atoms with Crippen LogP contribution in [0.1, 0.15) is 42.6 Å². The van der Waals surface area contributed by atoms with Crippen LogP contribution in [-0.2, 0) is 0 Å². The van der Waals surface area contributed by atoms with Crippen LogP contribution in [-0.4, -0.2) is 64.6 Å². The largest absolute Gasteiger partial charge is 0.339 e. The third-order valence-electron chi connectivity index (χ3n) is 3.61. The Morgan fingerprint density at radius 1 is 1.58 bits per heavy atom. The highest BCUT2D eigenvalue weighted by Gasteiger charge is 2.24. The maximum absolute atomic E-state index is 12.2. The van der Waals surface area contributed by atoms with E-state index in [0.717, 1.165) is 31.9 Å². The number of hydrogen-bond acceptors (Lipinski definition) is 4. The van der Waals surface area contributed by atoms with Gasteiger partial charge in [-0.3, -0.25) is 9.89 Å². The lowest BCUT2D eigenvalue weighted by molar-refractivity contribution is 0.0762. The highest BCUT2D eigenvalue weighted by molar-refractivity contribution is 5.90. The maximum Gasteiger partial charge on any atom is 0.293 e. The van der Waals surface area contributed by atoms with Gasteiger partial charge in [-0.2, -0.15) is 0 Å². The number of hydrogen-bond donors (Lipinski definition) is 1. The fourth-order valence-corrected chi connectivity index (χ4v) is 2.44. The Bertz CT molecular complexity index is 442. The molecule has 6 heteroatoms. The standard InChI is InChI=1S/C13H23N5O/c1-9(2)11-14-12(16-15-11)13(19)18(4)8-10-5-6-17(3)7-10/h9-10H,5-8H2,1-4H3,(H,14,15,16). The molecule has 0 radical (unpaired) electrons. The fraction of sp³-hybridized carbons (Fsp3) is 0.769. The number of carbonyl (C=O) groups excluding carboxylic acids is 1. The Hall–Kier alpha value is -1.43. The van der Waals surface area contributed by atoms with Crippen LogP contribution >= 0.6 is 0 Å². The number of aromatic nitrogens is 3. The van der Waals surface area contributed by atoms with E-state index in [9.17, 15) is 4.79 Å². The fourth-order valence-electron chi connectivity index (χ4n) is 2.44. The monoisotopic (exact) mass is 265 g/mol. The summed E-state index contributed by atoms with van der Waals surface area (Å²) in [5.74, 6) is 1.75. The van der Waals surface area contributed by atoms with Gasteiger partial charge in [0.2, 0.25) is 5.82 Å². The van der Waals surface area contributed by atoms with Gasteiger partial charge in [0.1, 0.15) is 5.82 Å². The summed E-state index contributed by atoms with van der Waals surface area (Å²) in [6, 6.07) is 0. The second kappa shape index (κ2) is 5.69. The molecule has 19 heavy (non-hydrogen) atoms. The van der Waals surface area contributed by atoms with Crippen molar-refractivity contribution in [3.8, 4) is 0 Å². The highest BCUT2D eigenvalue weighted by Crippen LogP contribution is 2.16. The summed E-state index contributed by atoms with van der Waals surface area (Å²) in [7, 11) is 3.94. The third kappa shape index (κ3) is 3.32. The number of amides is 1. The van der Waals surface area contributed by atoms with E-state index in [0.29, 0.717) is 5.92 Å². The molecule has 0 spiro atoms. The molecule has 0 aliphatic carbocycles. The van der Waals surface area contributed by atoms with E-state index in [1.54, 1.807) is 4.90 Å². The van der Waals surface area contributed by atoms with Crippen molar-refractivity contribution >= 4 is 5.91 Å². The lowest BCUT2D eigenvalue weighted by Gasteiger charge is -2.19. The highest BCUT2D eigenvalue weighted by atomic mass is 16.2. The van der Waals surface area contributed by atoms with Crippen LogP contribution in [0.3, 0.4) is 0 Å². The van der Waals surface area contributed by atoms with E-state index in [2.05, 4.69) is 27.1 Å². The van der Waals surface area contributed by atoms with Crippen molar-refractivity contribution in [3.05, 3.63) is 11.6 Å². The summed E-state index contributed by atoms with van der Waals surface area (Å²) < 4.78 is 0. The zero-order valence-electron chi connectivity index (χ0n) is 12.2. The van der Waals surface area contributed by atoms with Gasteiger partial charge in [0, 0.05) is 26.1 Å². The summed E-state index contributed by atoms with van der Waals surface area (Å²) >= 11 is 0. The predicted octanol–water partition coefficient (Wildman–Crippen LogP) is 0.952. The van der Waals surface area contributed by atoms with Crippen molar-refractivity contribution in [3.63, 3.8) is 0 Å². The summed E-state index contributed by atoms with van der Waals surface area (Å²) in [6.45, 7) is 6.99. The zero-order valence-corrected chi connectivity index (χ0v) is 12.2. The summed E-state index contributed by atoms with van der Waals surface area (Å²) in [6.07, 6.45) is 1.15. The molecule has 0 saturated carbocycles. The third-order valence-corrected chi connectivity index (χ3v) is 3.61. The Labute approximate surface area is 114 Å². The molecule has 1 saturated heterocycles. The smallest absolute Gasteiger partial charge is 0.293 e. The molecule has 2 rings (SSSR count). The van der Waals surface area contributed by atoms with Crippen LogP contribution in [0.5, 0.6) is 0 Å². The van der Waals surface area contributed by atoms with Gasteiger partial charge in [-0.05, 0) is 25.9 Å². The van der Waals surface area contributed by atoms with E-state index in [1.807, 2.05) is 20.9 Å². The zero-order chi connectivity index (χ0) is 14.0. The van der Waals surface area contributed by atoms with E-state index in [1.165, 1.54) is 0 Å². The molecule has 6 nitrogen and oxygen atoms in total. The van der Waals surface area contributed by atoms with Crippen LogP contribution in [0, 0.1) is 5.92 Å². The summed E-state index contributed by atoms with van der Waals surface area (Å²) in [5, 5.41) is 6.84. The number of H-pyrrole nitrogens is 1. The normalized spacial score (nSPS) is 20.2. The van der Waals surface area contributed by atoms with Crippen LogP contribution in [0.15, 0.2) is 0 Å². The number of nitrogens with one attached hydrogen (secondary N) is 1. The summed E-state index contributed by atoms with van der Waals surface area (Å²) in [4.78, 5) is 20.5. The van der Waals surface area contributed by atoms with Crippen LogP contribution in [0.2, 0.25) is 0 Å². The SMILES string of the molecule is CC(C)c1nc(C(=O)N(C)CC2CCN(C)C2)n[nH]1. The van der Waals surface area contributed by atoms with Gasteiger partial charge in [-0.25, -0.2) is 4.98 Å². The van der Waals surface area contributed by atoms with Gasteiger partial charge in [-0.15, -0.1) is 5.10 Å². The average molecular weight is 265 g/mol. The molecule has 2 heterocycles. The van der Waals surface area contributed by atoms with Crippen molar-refractivity contribution in [1.29, 1.82) is 0 Å². The van der Waals surface area contributed by atoms with Gasteiger partial charge >= 0.3 is 0 Å². The van der Waals surface area contributed by atoms with Crippen molar-refractivity contribution in [2.24, 2.45) is 5.92 Å². The number of carbonyl (C=O) groups is 1. The number of aromatic amines is 1. The summed E-state index contributed by atoms with van der Waals surface area (Å²) in [5.41, 5.74) is 0. The van der Waals surface area contributed by atoms with E-state index in [4.69, 9.17) is 0 Å². The predicted molar refractivity (Wildman–Crippen MR) is 73.0 cm³/mol. The molecular formula is C13H23N5O. The topological polar surface area (TPSA) is 65.1 Å². The van der Waals surface area contributed by atoms with Gasteiger partial charge in [0.05, 0.1) is 0 Å². The molecule has 1 atom stereocenters. The average Bonchev–Trinajstić information content (AvgIpc) is 2.97. The second-order valence-corrected chi connectivity index (χ2v) is 5.80. The molecule has 1 aromatic heterocycles. The molecule has 1 amide bonds. The van der Waals surface area contributed by atoms with Gasteiger partial charge in [0.15, 0.2) is 0 Å². The van der Waals surface area contributed by atoms with E-state index in [-0.39, 0.29) is 17.6 Å². The number of rotatable bonds is 4. The minimum absolute atomic E-state index is 0.0993. The first kappa shape index (κ1) is 14.0. The molecule has 106 valence electrons. The number of likely N-dealkylation sites (tertiary alicyclic amines) is 1. The van der Waals surface area contributed by atoms with Gasteiger partial charge in [0.25, 0.3) is 5.91 Å². The van der Waals surface area contributed by atoms with E-state index < -0.39 is 0 Å². The van der Waals surface area contributed by atoms with Crippen molar-refractivity contribution in [1.82, 2.24) is 25.0 Å². The first-order chi connectivity index (χ1) is 8.97. The molecule has 1 aliphatic heterocycles. The first-order valence-corrected chi connectivity index (χ1v) is 6.83. The minimum atomic E-state index is -0.0993. The van der Waals surface area contributed by atoms with Crippen LogP contribution < -0.4 is 0 Å². The Balaban J connectivity index is 1.94. The molecular weight excluding hydrogens is 242 g/mol. The Morgan fingerprint density at radius 2 is 2.32 bits per heavy atom. The molecule has 1 aromatic rings. The van der Waals surface area contributed by atoms with Crippen molar-refractivity contribution in [2.75, 3.05) is 33.7 Å². The molecule has 1 fully saturated rings. The quantitative estimate of drug-likeness (QED) is 0.880. The van der Waals surface area contributed by atoms with Crippen molar-refractivity contribution < 1.29 is 4.79 Å². The maximum atomic E-state index is 12.2. The van der Waals surface area contributed by atoms with E-state index >= 15 is 0 Å². The lowest BCUT2D eigenvalue weighted by atomic mass is 10.1. The Kier molecular flexibility index (Phi) is 4.19. The lowest BCUT2D eigenvalue weighted by Crippen LogP contribution is -2.33. The molecule has 0 bridgehead atoms. The van der Waals surface area contributed by atoms with Crippen LogP contribution in [0.4, 0.5) is 0 Å². The second-order valence-electron chi connectivity index (χ2n) is 5.80. The van der Waals surface area contributed by atoms with Gasteiger partial charge < -0.3 is 9.80 Å². The Morgan fingerprint density at radius 3 is 2.84 bits per heavy atom. The molecule has 0 aromatic carbocycles. The van der Waals surface area contributed by atoms with Gasteiger partial charge in [-0.1, -0.05) is 13.8 Å². The minimum Gasteiger partial charge on any atom is -0.339 e. The van der Waals surface area contributed by atoms with Crippen molar-refractivity contribution in [2.45, 2.75) is 26.2 Å².